The summed E-state index contributed by atoms with van der Waals surface area (Å²) in [6, 6.07) is 0. The third-order valence-electron chi connectivity index (χ3n) is 1.94. The number of carboxylic acids is 1. The minimum absolute atomic E-state index is 0.114. The van der Waals surface area contributed by atoms with E-state index in [-0.39, 0.29) is 12.4 Å². The van der Waals surface area contributed by atoms with Gasteiger partial charge in [0.15, 0.2) is 0 Å². The first-order valence-electron chi connectivity index (χ1n) is 5.75. The molecule has 0 heterocycles. The van der Waals surface area contributed by atoms with Crippen molar-refractivity contribution >= 4 is 20.3 Å². The Kier molecular flexibility index (Phi) is 7.04. The summed E-state index contributed by atoms with van der Waals surface area (Å²) in [5, 5.41) is 8.42. The Morgan fingerprint density at radius 3 is 1.94 bits per heavy atom. The number of aliphatic carboxylic acids is 1. The highest BCUT2D eigenvalue weighted by atomic mass is 28.4. The molecule has 0 aliphatic heterocycles. The standard InChI is InChI=1S/C11H22O4Si/c1-16(2,3)15-11(14)9-7-5-4-6-8-10(12)13/h4-9H2,1-3H3,(H,12,13). The largest absolute Gasteiger partial charge is 0.520 e. The van der Waals surface area contributed by atoms with E-state index in [1.807, 2.05) is 19.6 Å². The number of carbonyl (C=O) groups excluding carboxylic acids is 1. The highest BCUT2D eigenvalue weighted by Crippen LogP contribution is 2.09. The molecule has 0 saturated carbocycles. The van der Waals surface area contributed by atoms with Crippen LogP contribution in [0.3, 0.4) is 0 Å². The van der Waals surface area contributed by atoms with Crippen LogP contribution in [0.5, 0.6) is 0 Å². The Balaban J connectivity index is 3.38. The second-order valence-electron chi connectivity index (χ2n) is 4.89. The van der Waals surface area contributed by atoms with E-state index < -0.39 is 14.3 Å². The van der Waals surface area contributed by atoms with Gasteiger partial charge in [0, 0.05) is 12.8 Å². The van der Waals surface area contributed by atoms with Gasteiger partial charge in [-0.15, -0.1) is 0 Å². The van der Waals surface area contributed by atoms with Gasteiger partial charge in [0.05, 0.1) is 0 Å². The minimum Gasteiger partial charge on any atom is -0.520 e. The maximum atomic E-state index is 11.3. The minimum atomic E-state index is -1.74. The molecule has 4 nitrogen and oxygen atoms in total. The molecule has 0 bridgehead atoms. The molecule has 1 N–H and O–H groups in total. The molecule has 0 amide bonds. The van der Waals surface area contributed by atoms with Crippen LogP contribution in [-0.2, 0) is 14.0 Å². The van der Waals surface area contributed by atoms with Gasteiger partial charge in [0.2, 0.25) is 8.32 Å². The third kappa shape index (κ3) is 11.2. The average Bonchev–Trinajstić information content (AvgIpc) is 2.07. The molecule has 16 heavy (non-hydrogen) atoms. The first-order chi connectivity index (χ1) is 7.31. The van der Waals surface area contributed by atoms with Crippen molar-refractivity contribution in [2.75, 3.05) is 0 Å². The monoisotopic (exact) mass is 246 g/mol. The summed E-state index contributed by atoms with van der Waals surface area (Å²) in [5.41, 5.74) is 0. The lowest BCUT2D eigenvalue weighted by molar-refractivity contribution is -0.137. The van der Waals surface area contributed by atoms with Crippen LogP contribution >= 0.6 is 0 Å². The number of rotatable bonds is 8. The van der Waals surface area contributed by atoms with Crippen molar-refractivity contribution in [3.05, 3.63) is 0 Å². The smallest absolute Gasteiger partial charge is 0.303 e. The van der Waals surface area contributed by atoms with Crippen molar-refractivity contribution in [2.24, 2.45) is 0 Å². The normalized spacial score (nSPS) is 11.2. The van der Waals surface area contributed by atoms with Crippen molar-refractivity contribution in [1.82, 2.24) is 0 Å². The van der Waals surface area contributed by atoms with Gasteiger partial charge in [0.25, 0.3) is 5.97 Å². The van der Waals surface area contributed by atoms with E-state index in [1.165, 1.54) is 0 Å². The first-order valence-corrected chi connectivity index (χ1v) is 9.16. The lowest BCUT2D eigenvalue weighted by Crippen LogP contribution is -2.28. The molecular formula is C11H22O4Si. The summed E-state index contributed by atoms with van der Waals surface area (Å²) in [6.45, 7) is 5.95. The topological polar surface area (TPSA) is 63.6 Å². The second-order valence-corrected chi connectivity index (χ2v) is 9.32. The summed E-state index contributed by atoms with van der Waals surface area (Å²) < 4.78 is 5.29. The van der Waals surface area contributed by atoms with Crippen molar-refractivity contribution in [1.29, 1.82) is 0 Å². The van der Waals surface area contributed by atoms with Gasteiger partial charge in [-0.2, -0.15) is 0 Å². The molecule has 0 radical (unpaired) electrons. The molecule has 0 spiro atoms. The van der Waals surface area contributed by atoms with E-state index in [0.29, 0.717) is 12.8 Å². The van der Waals surface area contributed by atoms with Gasteiger partial charge < -0.3 is 9.53 Å². The van der Waals surface area contributed by atoms with E-state index in [9.17, 15) is 9.59 Å². The van der Waals surface area contributed by atoms with Crippen LogP contribution in [0.1, 0.15) is 38.5 Å². The van der Waals surface area contributed by atoms with E-state index in [2.05, 4.69) is 0 Å². The first kappa shape index (κ1) is 15.2. The van der Waals surface area contributed by atoms with Gasteiger partial charge in [-0.1, -0.05) is 12.8 Å². The Labute approximate surface area is 98.1 Å². The molecule has 0 saturated heterocycles. The third-order valence-corrected chi connectivity index (χ3v) is 2.78. The van der Waals surface area contributed by atoms with Crippen molar-refractivity contribution in [3.63, 3.8) is 0 Å². The molecule has 0 aliphatic carbocycles. The van der Waals surface area contributed by atoms with Gasteiger partial charge in [-0.05, 0) is 32.5 Å². The number of carbonyl (C=O) groups is 2. The molecular weight excluding hydrogens is 224 g/mol. The number of hydrogen-bond donors (Lipinski definition) is 1. The van der Waals surface area contributed by atoms with Crippen LogP contribution in [0, 0.1) is 0 Å². The number of hydrogen-bond acceptors (Lipinski definition) is 3. The van der Waals surface area contributed by atoms with E-state index in [0.717, 1.165) is 19.3 Å². The van der Waals surface area contributed by atoms with E-state index in [1.54, 1.807) is 0 Å². The zero-order chi connectivity index (χ0) is 12.6. The van der Waals surface area contributed by atoms with Crippen LogP contribution in [-0.4, -0.2) is 25.4 Å². The summed E-state index contributed by atoms with van der Waals surface area (Å²) >= 11 is 0. The van der Waals surface area contributed by atoms with Crippen LogP contribution in [0.4, 0.5) is 0 Å². The SMILES string of the molecule is C[Si](C)(C)OC(=O)CCCCCCC(=O)O. The molecule has 5 heteroatoms. The van der Waals surface area contributed by atoms with Gasteiger partial charge in [-0.3, -0.25) is 9.59 Å². The molecule has 0 fully saturated rings. The highest BCUT2D eigenvalue weighted by Gasteiger charge is 2.19. The molecule has 0 atom stereocenters. The second kappa shape index (κ2) is 7.43. The van der Waals surface area contributed by atoms with Crippen LogP contribution in [0.15, 0.2) is 0 Å². The van der Waals surface area contributed by atoms with Crippen LogP contribution < -0.4 is 0 Å². The molecule has 94 valence electrons. The molecule has 0 unspecified atom stereocenters. The Hall–Kier alpha value is -0.843. The predicted octanol–water partition coefficient (Wildman–Crippen LogP) is 2.79. The summed E-state index contributed by atoms with van der Waals surface area (Å²) in [4.78, 5) is 21.5. The van der Waals surface area contributed by atoms with E-state index in [4.69, 9.17) is 9.53 Å². The van der Waals surface area contributed by atoms with Gasteiger partial charge in [-0.25, -0.2) is 0 Å². The fraction of sp³-hybridized carbons (Fsp3) is 0.818. The lowest BCUT2D eigenvalue weighted by atomic mass is 10.1. The van der Waals surface area contributed by atoms with Crippen molar-refractivity contribution in [2.45, 2.75) is 58.2 Å². The fourth-order valence-electron chi connectivity index (χ4n) is 1.29. The Bertz CT molecular complexity index is 233. The average molecular weight is 246 g/mol. The fourth-order valence-corrected chi connectivity index (χ4v) is 2.08. The van der Waals surface area contributed by atoms with Crippen molar-refractivity contribution < 1.29 is 19.1 Å². The lowest BCUT2D eigenvalue weighted by Gasteiger charge is -2.17. The summed E-state index contributed by atoms with van der Waals surface area (Å²) in [7, 11) is -1.74. The maximum Gasteiger partial charge on any atom is 0.303 e. The Morgan fingerprint density at radius 1 is 1.00 bits per heavy atom. The van der Waals surface area contributed by atoms with Gasteiger partial charge >= 0.3 is 5.97 Å². The molecule has 0 aromatic heterocycles. The summed E-state index contributed by atoms with van der Waals surface area (Å²) in [5.74, 6) is -0.865. The maximum absolute atomic E-state index is 11.3. The molecule has 0 aromatic rings. The molecule has 0 aromatic carbocycles. The quantitative estimate of drug-likeness (QED) is 0.528. The van der Waals surface area contributed by atoms with Crippen LogP contribution in [0.2, 0.25) is 19.6 Å². The number of carboxylic acid groups (broad SMARTS) is 1. The summed E-state index contributed by atoms with van der Waals surface area (Å²) in [6.07, 6.45) is 3.93. The predicted molar refractivity (Wildman–Crippen MR) is 64.8 cm³/mol. The van der Waals surface area contributed by atoms with E-state index >= 15 is 0 Å². The molecule has 0 rings (SSSR count). The number of unbranched alkanes of at least 4 members (excludes halogenated alkanes) is 3. The van der Waals surface area contributed by atoms with Gasteiger partial charge in [0.1, 0.15) is 0 Å². The highest BCUT2D eigenvalue weighted by molar-refractivity contribution is 6.71. The van der Waals surface area contributed by atoms with Crippen molar-refractivity contribution in [3.8, 4) is 0 Å². The Morgan fingerprint density at radius 2 is 1.50 bits per heavy atom. The molecule has 0 aliphatic rings. The van der Waals surface area contributed by atoms with Crippen LogP contribution in [0.25, 0.3) is 0 Å². The zero-order valence-electron chi connectivity index (χ0n) is 10.4. The zero-order valence-corrected chi connectivity index (χ0v) is 11.4.